The van der Waals surface area contributed by atoms with Gasteiger partial charge in [-0.3, -0.25) is 0 Å². The molecule has 1 N–H and O–H groups in total. The highest BCUT2D eigenvalue weighted by Gasteiger charge is 2.06. The third kappa shape index (κ3) is 4.14. The van der Waals surface area contributed by atoms with Crippen LogP contribution in [0.4, 0.5) is 0 Å². The average Bonchev–Trinajstić information content (AvgIpc) is 2.23. The number of aryl methyl sites for hydroxylation is 1. The van der Waals surface area contributed by atoms with Gasteiger partial charge in [-0.15, -0.1) is 0 Å². The Kier molecular flexibility index (Phi) is 5.19. The summed E-state index contributed by atoms with van der Waals surface area (Å²) in [6.45, 7) is 10.6. The van der Waals surface area contributed by atoms with Gasteiger partial charge in [0.1, 0.15) is 6.61 Å². The summed E-state index contributed by atoms with van der Waals surface area (Å²) >= 11 is 0. The molecule has 4 nitrogen and oxygen atoms in total. The van der Waals surface area contributed by atoms with Gasteiger partial charge in [0.15, 0.2) is 0 Å². The lowest BCUT2D eigenvalue weighted by atomic mass is 10.1. The van der Waals surface area contributed by atoms with E-state index in [-0.39, 0.29) is 0 Å². The van der Waals surface area contributed by atoms with Crippen LogP contribution in [0, 0.1) is 6.92 Å². The van der Waals surface area contributed by atoms with Crippen LogP contribution in [0.3, 0.4) is 0 Å². The van der Waals surface area contributed by atoms with Crippen molar-refractivity contribution in [3.63, 3.8) is 0 Å². The Bertz CT molecular complexity index is 326. The molecule has 0 amide bonds. The SMILES string of the molecule is CCNCCOc1nc(C)cc(C(C)C)n1. The van der Waals surface area contributed by atoms with Gasteiger partial charge in [-0.25, -0.2) is 4.98 Å². The number of nitrogens with one attached hydrogen (secondary N) is 1. The Morgan fingerprint density at radius 1 is 1.38 bits per heavy atom. The summed E-state index contributed by atoms with van der Waals surface area (Å²) in [7, 11) is 0. The second-order valence-electron chi connectivity index (χ2n) is 4.07. The number of nitrogens with zero attached hydrogens (tertiary/aromatic N) is 2. The molecule has 0 fully saturated rings. The Balaban J connectivity index is 2.58. The van der Waals surface area contributed by atoms with Gasteiger partial charge in [0, 0.05) is 12.2 Å². The van der Waals surface area contributed by atoms with Crippen molar-refractivity contribution >= 4 is 0 Å². The van der Waals surface area contributed by atoms with Crippen molar-refractivity contribution in [3.05, 3.63) is 17.5 Å². The lowest BCUT2D eigenvalue weighted by Gasteiger charge is -2.09. The summed E-state index contributed by atoms with van der Waals surface area (Å²) in [5.41, 5.74) is 1.99. The van der Waals surface area contributed by atoms with Gasteiger partial charge in [-0.05, 0) is 25.5 Å². The molecule has 0 aliphatic carbocycles. The topological polar surface area (TPSA) is 47.0 Å². The van der Waals surface area contributed by atoms with Gasteiger partial charge >= 0.3 is 6.01 Å². The highest BCUT2D eigenvalue weighted by Crippen LogP contribution is 2.15. The minimum atomic E-state index is 0.401. The van der Waals surface area contributed by atoms with E-state index >= 15 is 0 Å². The van der Waals surface area contributed by atoms with Crippen molar-refractivity contribution in [1.29, 1.82) is 0 Å². The van der Waals surface area contributed by atoms with E-state index in [0.29, 0.717) is 18.5 Å². The van der Waals surface area contributed by atoms with E-state index in [0.717, 1.165) is 24.5 Å². The van der Waals surface area contributed by atoms with Crippen molar-refractivity contribution in [3.8, 4) is 6.01 Å². The van der Waals surface area contributed by atoms with Gasteiger partial charge < -0.3 is 10.1 Å². The molecule has 90 valence electrons. The number of aromatic nitrogens is 2. The molecule has 0 aliphatic rings. The standard InChI is InChI=1S/C12H21N3O/c1-5-13-6-7-16-12-14-10(4)8-11(15-12)9(2)3/h8-9,13H,5-7H2,1-4H3. The van der Waals surface area contributed by atoms with Crippen molar-refractivity contribution in [1.82, 2.24) is 15.3 Å². The average molecular weight is 223 g/mol. The molecule has 0 radical (unpaired) electrons. The van der Waals surface area contributed by atoms with Crippen LogP contribution in [0.25, 0.3) is 0 Å². The number of hydrogen-bond donors (Lipinski definition) is 1. The summed E-state index contributed by atoms with van der Waals surface area (Å²) in [4.78, 5) is 8.62. The van der Waals surface area contributed by atoms with E-state index in [2.05, 4.69) is 36.1 Å². The van der Waals surface area contributed by atoms with Crippen LogP contribution in [-0.4, -0.2) is 29.7 Å². The zero-order valence-electron chi connectivity index (χ0n) is 10.6. The van der Waals surface area contributed by atoms with E-state index in [1.54, 1.807) is 0 Å². The molecule has 0 aromatic carbocycles. The summed E-state index contributed by atoms with van der Waals surface area (Å²) in [6, 6.07) is 2.49. The van der Waals surface area contributed by atoms with Gasteiger partial charge in [0.2, 0.25) is 0 Å². The van der Waals surface area contributed by atoms with Gasteiger partial charge in [0.25, 0.3) is 0 Å². The molecular weight excluding hydrogens is 202 g/mol. The predicted octanol–water partition coefficient (Wildman–Crippen LogP) is 1.90. The van der Waals surface area contributed by atoms with Crippen LogP contribution in [-0.2, 0) is 0 Å². The smallest absolute Gasteiger partial charge is 0.316 e. The van der Waals surface area contributed by atoms with Crippen molar-refractivity contribution in [2.75, 3.05) is 19.7 Å². The molecule has 16 heavy (non-hydrogen) atoms. The minimum absolute atomic E-state index is 0.401. The summed E-state index contributed by atoms with van der Waals surface area (Å²) in [5.74, 6) is 0.401. The lowest BCUT2D eigenvalue weighted by Crippen LogP contribution is -2.21. The van der Waals surface area contributed by atoms with E-state index in [9.17, 15) is 0 Å². The molecule has 1 heterocycles. The second kappa shape index (κ2) is 6.43. The van der Waals surface area contributed by atoms with Crippen molar-refractivity contribution in [2.24, 2.45) is 0 Å². The van der Waals surface area contributed by atoms with Crippen molar-refractivity contribution in [2.45, 2.75) is 33.6 Å². The van der Waals surface area contributed by atoms with E-state index < -0.39 is 0 Å². The maximum atomic E-state index is 5.50. The summed E-state index contributed by atoms with van der Waals surface area (Å²) in [5, 5.41) is 3.19. The molecule has 0 bridgehead atoms. The monoisotopic (exact) mass is 223 g/mol. The lowest BCUT2D eigenvalue weighted by molar-refractivity contribution is 0.289. The first-order valence-corrected chi connectivity index (χ1v) is 5.82. The van der Waals surface area contributed by atoms with Gasteiger partial charge in [-0.1, -0.05) is 20.8 Å². The van der Waals surface area contributed by atoms with Crippen molar-refractivity contribution < 1.29 is 4.74 Å². The van der Waals surface area contributed by atoms with E-state index in [1.165, 1.54) is 0 Å². The fourth-order valence-corrected chi connectivity index (χ4v) is 1.32. The Morgan fingerprint density at radius 2 is 2.12 bits per heavy atom. The normalized spacial score (nSPS) is 10.8. The molecule has 0 saturated heterocycles. The van der Waals surface area contributed by atoms with Crippen LogP contribution >= 0.6 is 0 Å². The van der Waals surface area contributed by atoms with E-state index in [1.807, 2.05) is 13.0 Å². The summed E-state index contributed by atoms with van der Waals surface area (Å²) in [6.07, 6.45) is 0. The number of hydrogen-bond acceptors (Lipinski definition) is 4. The second-order valence-corrected chi connectivity index (χ2v) is 4.07. The predicted molar refractivity (Wildman–Crippen MR) is 64.9 cm³/mol. The highest BCUT2D eigenvalue weighted by atomic mass is 16.5. The fourth-order valence-electron chi connectivity index (χ4n) is 1.32. The van der Waals surface area contributed by atoms with Gasteiger partial charge in [0.05, 0.1) is 5.69 Å². The first-order chi connectivity index (χ1) is 7.63. The molecular formula is C12H21N3O. The molecule has 0 saturated carbocycles. The molecule has 1 aromatic heterocycles. The minimum Gasteiger partial charge on any atom is -0.462 e. The Morgan fingerprint density at radius 3 is 2.75 bits per heavy atom. The van der Waals surface area contributed by atoms with Crippen LogP contribution in [0.15, 0.2) is 6.07 Å². The molecule has 0 aliphatic heterocycles. The van der Waals surface area contributed by atoms with Crippen LogP contribution < -0.4 is 10.1 Å². The van der Waals surface area contributed by atoms with Crippen LogP contribution in [0.5, 0.6) is 6.01 Å². The zero-order chi connectivity index (χ0) is 12.0. The zero-order valence-corrected chi connectivity index (χ0v) is 10.6. The fraction of sp³-hybridized carbons (Fsp3) is 0.667. The van der Waals surface area contributed by atoms with Crippen LogP contribution in [0.2, 0.25) is 0 Å². The highest BCUT2D eigenvalue weighted by molar-refractivity contribution is 5.15. The molecule has 1 aromatic rings. The molecule has 0 spiro atoms. The third-order valence-electron chi connectivity index (χ3n) is 2.21. The maximum Gasteiger partial charge on any atom is 0.316 e. The largest absolute Gasteiger partial charge is 0.462 e. The molecule has 0 unspecified atom stereocenters. The maximum absolute atomic E-state index is 5.50. The summed E-state index contributed by atoms with van der Waals surface area (Å²) < 4.78 is 5.50. The Labute approximate surface area is 97.5 Å². The number of likely N-dealkylation sites (N-methyl/N-ethyl adjacent to an activating group) is 1. The molecule has 1 rings (SSSR count). The van der Waals surface area contributed by atoms with E-state index in [4.69, 9.17) is 4.74 Å². The first-order valence-electron chi connectivity index (χ1n) is 5.82. The first kappa shape index (κ1) is 12.9. The molecule has 4 heteroatoms. The van der Waals surface area contributed by atoms with Crippen LogP contribution in [0.1, 0.15) is 38.1 Å². The van der Waals surface area contributed by atoms with Gasteiger partial charge in [-0.2, -0.15) is 4.98 Å². The third-order valence-corrected chi connectivity index (χ3v) is 2.21. The number of rotatable bonds is 6. The molecule has 0 atom stereocenters. The number of ether oxygens (including phenoxy) is 1. The Hall–Kier alpha value is -1.16. The quantitative estimate of drug-likeness (QED) is 0.748.